The van der Waals surface area contributed by atoms with Crippen LogP contribution < -0.4 is 0 Å². The van der Waals surface area contributed by atoms with Gasteiger partial charge in [-0.2, -0.15) is 0 Å². The summed E-state index contributed by atoms with van der Waals surface area (Å²) in [6.07, 6.45) is 0. The summed E-state index contributed by atoms with van der Waals surface area (Å²) in [5, 5.41) is 21.8. The SMILES string of the molecule is O=[N+]([O-])c1ccc(CN2CCOCCOCCN(Cc3ccc([N+](=O)[O-])cc3)CCOCCOCC2)cc1. The van der Waals surface area contributed by atoms with E-state index >= 15 is 0 Å². The lowest BCUT2D eigenvalue weighted by Gasteiger charge is -2.24. The highest BCUT2D eigenvalue weighted by Gasteiger charge is 2.11. The second kappa shape index (κ2) is 16.8. The summed E-state index contributed by atoms with van der Waals surface area (Å²) >= 11 is 0. The third kappa shape index (κ3) is 11.2. The molecule has 0 N–H and O–H groups in total. The molecule has 0 amide bonds. The van der Waals surface area contributed by atoms with Gasteiger partial charge < -0.3 is 18.9 Å². The molecule has 38 heavy (non-hydrogen) atoms. The summed E-state index contributed by atoms with van der Waals surface area (Å²) in [5.41, 5.74) is 2.13. The van der Waals surface area contributed by atoms with E-state index in [1.54, 1.807) is 24.3 Å². The summed E-state index contributed by atoms with van der Waals surface area (Å²) in [4.78, 5) is 25.4. The molecule has 2 aromatic rings. The number of rotatable bonds is 6. The average molecular weight is 533 g/mol. The first kappa shape index (κ1) is 29.6. The standard InChI is InChI=1S/C26H36N4O8/c31-29(32)25-5-1-23(2-6-25)21-27-9-13-35-17-19-37-15-11-28(12-16-38-20-18-36-14-10-27)22-24-3-7-26(8-4-24)30(33)34/h1-8H,9-22H2. The van der Waals surface area contributed by atoms with E-state index in [0.29, 0.717) is 92.1 Å². The summed E-state index contributed by atoms with van der Waals surface area (Å²) in [5.74, 6) is 0. The van der Waals surface area contributed by atoms with Gasteiger partial charge in [0.2, 0.25) is 0 Å². The molecule has 1 aliphatic rings. The van der Waals surface area contributed by atoms with Gasteiger partial charge in [0.1, 0.15) is 0 Å². The van der Waals surface area contributed by atoms with Crippen molar-refractivity contribution in [2.45, 2.75) is 13.1 Å². The van der Waals surface area contributed by atoms with Gasteiger partial charge in [-0.1, -0.05) is 24.3 Å². The van der Waals surface area contributed by atoms with Crippen molar-refractivity contribution in [1.82, 2.24) is 9.80 Å². The zero-order valence-corrected chi connectivity index (χ0v) is 21.6. The Labute approximate surface area is 222 Å². The number of hydrogen-bond acceptors (Lipinski definition) is 10. The Morgan fingerprint density at radius 1 is 0.526 bits per heavy atom. The summed E-state index contributed by atoms with van der Waals surface area (Å²) in [6.45, 7) is 8.11. The van der Waals surface area contributed by atoms with E-state index in [9.17, 15) is 20.2 Å². The van der Waals surface area contributed by atoms with Gasteiger partial charge in [0, 0.05) is 63.5 Å². The Morgan fingerprint density at radius 3 is 1.08 bits per heavy atom. The van der Waals surface area contributed by atoms with Gasteiger partial charge in [-0.15, -0.1) is 0 Å². The van der Waals surface area contributed by atoms with E-state index in [0.717, 1.165) is 11.1 Å². The fraction of sp³-hybridized carbons (Fsp3) is 0.538. The van der Waals surface area contributed by atoms with Crippen LogP contribution in [0.25, 0.3) is 0 Å². The van der Waals surface area contributed by atoms with Crippen LogP contribution in [0, 0.1) is 20.2 Å². The molecule has 0 bridgehead atoms. The number of non-ortho nitro benzene ring substituents is 2. The Hall–Kier alpha value is -3.00. The van der Waals surface area contributed by atoms with Crippen LogP contribution in [0.5, 0.6) is 0 Å². The zero-order chi connectivity index (χ0) is 27.0. The van der Waals surface area contributed by atoms with Crippen LogP contribution >= 0.6 is 0 Å². The molecule has 2 aromatic carbocycles. The molecule has 1 heterocycles. The maximum Gasteiger partial charge on any atom is 0.269 e. The van der Waals surface area contributed by atoms with Gasteiger partial charge >= 0.3 is 0 Å². The molecule has 1 fully saturated rings. The van der Waals surface area contributed by atoms with E-state index in [1.807, 2.05) is 0 Å². The number of benzene rings is 2. The normalized spacial score (nSPS) is 18.3. The molecule has 0 spiro atoms. The van der Waals surface area contributed by atoms with E-state index in [4.69, 9.17) is 18.9 Å². The first-order valence-corrected chi connectivity index (χ1v) is 12.7. The lowest BCUT2D eigenvalue weighted by Crippen LogP contribution is -2.32. The molecule has 0 unspecified atom stereocenters. The first-order valence-electron chi connectivity index (χ1n) is 12.7. The fourth-order valence-electron chi connectivity index (χ4n) is 3.92. The molecule has 12 nitrogen and oxygen atoms in total. The van der Waals surface area contributed by atoms with E-state index in [-0.39, 0.29) is 11.4 Å². The monoisotopic (exact) mass is 532 g/mol. The molecular formula is C26H36N4O8. The van der Waals surface area contributed by atoms with Gasteiger partial charge in [-0.05, 0) is 11.1 Å². The Morgan fingerprint density at radius 2 is 0.816 bits per heavy atom. The van der Waals surface area contributed by atoms with Crippen molar-refractivity contribution < 1.29 is 28.8 Å². The molecule has 0 aliphatic carbocycles. The molecule has 1 saturated heterocycles. The Balaban J connectivity index is 1.45. The topological polar surface area (TPSA) is 130 Å². The minimum Gasteiger partial charge on any atom is -0.378 e. The number of ether oxygens (including phenoxy) is 4. The lowest BCUT2D eigenvalue weighted by atomic mass is 10.2. The second-order valence-electron chi connectivity index (χ2n) is 8.85. The van der Waals surface area contributed by atoms with Gasteiger partial charge in [0.05, 0.1) is 62.7 Å². The average Bonchev–Trinajstić information content (AvgIpc) is 2.91. The predicted octanol–water partition coefficient (Wildman–Crippen LogP) is 2.89. The van der Waals surface area contributed by atoms with Crippen LogP contribution in [0.4, 0.5) is 11.4 Å². The third-order valence-electron chi connectivity index (χ3n) is 6.06. The Kier molecular flexibility index (Phi) is 13.0. The smallest absolute Gasteiger partial charge is 0.269 e. The van der Waals surface area contributed by atoms with E-state index in [2.05, 4.69) is 9.80 Å². The van der Waals surface area contributed by atoms with Gasteiger partial charge in [0.25, 0.3) is 11.4 Å². The van der Waals surface area contributed by atoms with E-state index < -0.39 is 9.85 Å². The van der Waals surface area contributed by atoms with Crippen LogP contribution in [0.15, 0.2) is 48.5 Å². The first-order chi connectivity index (χ1) is 18.5. The highest BCUT2D eigenvalue weighted by atomic mass is 16.6. The van der Waals surface area contributed by atoms with Crippen LogP contribution in [0.2, 0.25) is 0 Å². The predicted molar refractivity (Wildman–Crippen MR) is 140 cm³/mol. The van der Waals surface area contributed by atoms with E-state index in [1.165, 1.54) is 24.3 Å². The molecule has 3 rings (SSSR count). The van der Waals surface area contributed by atoms with Crippen molar-refractivity contribution in [2.75, 3.05) is 79.0 Å². The fourth-order valence-corrected chi connectivity index (χ4v) is 3.92. The van der Waals surface area contributed by atoms with Crippen LogP contribution in [0.3, 0.4) is 0 Å². The molecule has 208 valence electrons. The quantitative estimate of drug-likeness (QED) is 0.404. The molecule has 12 heteroatoms. The van der Waals surface area contributed by atoms with Crippen molar-refractivity contribution in [3.8, 4) is 0 Å². The number of nitrogens with zero attached hydrogens (tertiary/aromatic N) is 4. The van der Waals surface area contributed by atoms with Gasteiger partial charge in [0.15, 0.2) is 0 Å². The molecule has 1 aliphatic heterocycles. The highest BCUT2D eigenvalue weighted by molar-refractivity contribution is 5.33. The zero-order valence-electron chi connectivity index (χ0n) is 21.6. The maximum absolute atomic E-state index is 10.9. The minimum absolute atomic E-state index is 0.0783. The third-order valence-corrected chi connectivity index (χ3v) is 6.06. The molecule has 0 aromatic heterocycles. The second-order valence-corrected chi connectivity index (χ2v) is 8.85. The van der Waals surface area contributed by atoms with Gasteiger partial charge in [-0.25, -0.2) is 0 Å². The number of nitro benzene ring substituents is 2. The summed E-state index contributed by atoms with van der Waals surface area (Å²) < 4.78 is 23.1. The van der Waals surface area contributed by atoms with Crippen LogP contribution in [0.1, 0.15) is 11.1 Å². The summed E-state index contributed by atoms with van der Waals surface area (Å²) in [7, 11) is 0. The molecule has 0 saturated carbocycles. The van der Waals surface area contributed by atoms with Crippen molar-refractivity contribution in [3.05, 3.63) is 79.9 Å². The van der Waals surface area contributed by atoms with Crippen molar-refractivity contribution >= 4 is 11.4 Å². The number of nitro groups is 2. The lowest BCUT2D eigenvalue weighted by molar-refractivity contribution is -0.385. The summed E-state index contributed by atoms with van der Waals surface area (Å²) in [6, 6.07) is 13.2. The Bertz CT molecular complexity index is 875. The molecule has 0 radical (unpaired) electrons. The molecular weight excluding hydrogens is 496 g/mol. The van der Waals surface area contributed by atoms with Gasteiger partial charge in [-0.3, -0.25) is 30.0 Å². The van der Waals surface area contributed by atoms with Crippen LogP contribution in [-0.4, -0.2) is 98.7 Å². The van der Waals surface area contributed by atoms with Crippen molar-refractivity contribution in [2.24, 2.45) is 0 Å². The maximum atomic E-state index is 10.9. The van der Waals surface area contributed by atoms with Crippen molar-refractivity contribution in [3.63, 3.8) is 0 Å². The highest BCUT2D eigenvalue weighted by Crippen LogP contribution is 2.14. The molecule has 0 atom stereocenters. The largest absolute Gasteiger partial charge is 0.378 e. The van der Waals surface area contributed by atoms with Crippen molar-refractivity contribution in [1.29, 1.82) is 0 Å². The minimum atomic E-state index is -0.400. The van der Waals surface area contributed by atoms with Crippen LogP contribution in [-0.2, 0) is 32.0 Å². The number of hydrogen-bond donors (Lipinski definition) is 0.